The fourth-order valence-corrected chi connectivity index (χ4v) is 2.59. The lowest BCUT2D eigenvalue weighted by atomic mass is 9.99. The van der Waals surface area contributed by atoms with Gasteiger partial charge in [0, 0.05) is 23.8 Å². The monoisotopic (exact) mass is 307 g/mol. The highest BCUT2D eigenvalue weighted by atomic mass is 79.9. The Morgan fingerprint density at radius 3 is 2.89 bits per heavy atom. The first-order valence-corrected chi connectivity index (χ1v) is 6.85. The van der Waals surface area contributed by atoms with E-state index < -0.39 is 0 Å². The molecular weight excluding hydrogens is 290 g/mol. The summed E-state index contributed by atoms with van der Waals surface area (Å²) in [6.07, 6.45) is 5.82. The molecule has 0 aliphatic carbocycles. The fraction of sp³-hybridized carbons (Fsp3) is 0.357. The number of hydrogen-bond acceptors (Lipinski definition) is 2. The van der Waals surface area contributed by atoms with E-state index in [2.05, 4.69) is 46.2 Å². The lowest BCUT2D eigenvalue weighted by Gasteiger charge is -2.14. The number of aromatic nitrogens is 2. The molecule has 0 bridgehead atoms. The first-order chi connectivity index (χ1) is 8.58. The van der Waals surface area contributed by atoms with E-state index >= 15 is 0 Å². The van der Waals surface area contributed by atoms with Crippen LogP contribution >= 0.6 is 15.9 Å². The van der Waals surface area contributed by atoms with Gasteiger partial charge in [0.15, 0.2) is 0 Å². The van der Waals surface area contributed by atoms with E-state index in [1.807, 2.05) is 24.1 Å². The summed E-state index contributed by atoms with van der Waals surface area (Å²) in [5.41, 5.74) is 9.90. The van der Waals surface area contributed by atoms with Crippen LogP contribution in [0.4, 0.5) is 0 Å². The summed E-state index contributed by atoms with van der Waals surface area (Å²) in [6.45, 7) is 2.08. The van der Waals surface area contributed by atoms with Gasteiger partial charge >= 0.3 is 0 Å². The van der Waals surface area contributed by atoms with E-state index in [1.54, 1.807) is 0 Å². The van der Waals surface area contributed by atoms with Crippen LogP contribution < -0.4 is 5.73 Å². The third kappa shape index (κ3) is 3.00. The number of aryl methyl sites for hydroxylation is 3. The van der Waals surface area contributed by atoms with Gasteiger partial charge in [0.2, 0.25) is 0 Å². The summed E-state index contributed by atoms with van der Waals surface area (Å²) in [5.74, 6) is 0. The molecular formula is C14H18BrN3. The number of benzene rings is 1. The van der Waals surface area contributed by atoms with Crippen molar-refractivity contribution in [2.75, 3.05) is 0 Å². The standard InChI is InChI=1S/C14H18BrN3/c1-10-4-3-5-12(14(10)15)13(16)7-6-11-8-17-18(2)9-11/h3-5,8-9,13H,6-7,16H2,1-2H3. The van der Waals surface area contributed by atoms with Crippen molar-refractivity contribution in [1.29, 1.82) is 0 Å². The van der Waals surface area contributed by atoms with Crippen LogP contribution in [-0.2, 0) is 13.5 Å². The van der Waals surface area contributed by atoms with Crippen LogP contribution in [0, 0.1) is 6.92 Å². The van der Waals surface area contributed by atoms with Crippen LogP contribution in [0.15, 0.2) is 35.1 Å². The summed E-state index contributed by atoms with van der Waals surface area (Å²) >= 11 is 3.61. The summed E-state index contributed by atoms with van der Waals surface area (Å²) in [5, 5.41) is 4.17. The smallest absolute Gasteiger partial charge is 0.0521 e. The molecule has 1 unspecified atom stereocenters. The van der Waals surface area contributed by atoms with Crippen molar-refractivity contribution in [1.82, 2.24) is 9.78 Å². The van der Waals surface area contributed by atoms with Crippen LogP contribution in [0.3, 0.4) is 0 Å². The van der Waals surface area contributed by atoms with Crippen LogP contribution in [0.25, 0.3) is 0 Å². The molecule has 4 heteroatoms. The average molecular weight is 308 g/mol. The minimum atomic E-state index is 0.0551. The molecule has 2 aromatic rings. The lowest BCUT2D eigenvalue weighted by molar-refractivity contribution is 0.648. The second kappa shape index (κ2) is 5.67. The Balaban J connectivity index is 2.03. The molecule has 0 spiro atoms. The quantitative estimate of drug-likeness (QED) is 0.943. The minimum Gasteiger partial charge on any atom is -0.324 e. The lowest BCUT2D eigenvalue weighted by Crippen LogP contribution is -2.12. The van der Waals surface area contributed by atoms with E-state index in [9.17, 15) is 0 Å². The number of nitrogens with two attached hydrogens (primary N) is 1. The normalized spacial score (nSPS) is 12.7. The molecule has 0 saturated heterocycles. The maximum Gasteiger partial charge on any atom is 0.0521 e. The maximum atomic E-state index is 6.26. The fourth-order valence-electron chi connectivity index (χ4n) is 2.04. The average Bonchev–Trinajstić information content (AvgIpc) is 2.76. The predicted molar refractivity (Wildman–Crippen MR) is 77.3 cm³/mol. The van der Waals surface area contributed by atoms with E-state index in [4.69, 9.17) is 5.73 Å². The van der Waals surface area contributed by atoms with Crippen LogP contribution in [0.1, 0.15) is 29.2 Å². The Kier molecular flexibility index (Phi) is 4.19. The molecule has 0 aliphatic rings. The Morgan fingerprint density at radius 1 is 1.44 bits per heavy atom. The molecule has 1 aromatic heterocycles. The van der Waals surface area contributed by atoms with Crippen molar-refractivity contribution in [3.63, 3.8) is 0 Å². The van der Waals surface area contributed by atoms with Gasteiger partial charge in [-0.05, 0) is 36.5 Å². The topological polar surface area (TPSA) is 43.8 Å². The molecule has 0 amide bonds. The van der Waals surface area contributed by atoms with Gasteiger partial charge in [-0.25, -0.2) is 0 Å². The van der Waals surface area contributed by atoms with Gasteiger partial charge < -0.3 is 5.73 Å². The van der Waals surface area contributed by atoms with Gasteiger partial charge in [0.1, 0.15) is 0 Å². The van der Waals surface area contributed by atoms with Gasteiger partial charge in [0.25, 0.3) is 0 Å². The summed E-state index contributed by atoms with van der Waals surface area (Å²) < 4.78 is 2.95. The first kappa shape index (κ1) is 13.3. The molecule has 0 radical (unpaired) electrons. The van der Waals surface area contributed by atoms with Crippen molar-refractivity contribution in [3.8, 4) is 0 Å². The summed E-state index contributed by atoms with van der Waals surface area (Å²) in [4.78, 5) is 0. The second-order valence-electron chi connectivity index (χ2n) is 4.65. The molecule has 1 atom stereocenters. The molecule has 0 saturated carbocycles. The molecule has 2 rings (SSSR count). The van der Waals surface area contributed by atoms with E-state index in [0.29, 0.717) is 0 Å². The second-order valence-corrected chi connectivity index (χ2v) is 5.44. The zero-order valence-electron chi connectivity index (χ0n) is 10.7. The number of halogens is 1. The van der Waals surface area contributed by atoms with Crippen molar-refractivity contribution >= 4 is 15.9 Å². The predicted octanol–water partition coefficient (Wildman–Crippen LogP) is 3.12. The molecule has 18 heavy (non-hydrogen) atoms. The highest BCUT2D eigenvalue weighted by Gasteiger charge is 2.11. The van der Waals surface area contributed by atoms with Crippen molar-refractivity contribution in [2.24, 2.45) is 12.8 Å². The van der Waals surface area contributed by atoms with Gasteiger partial charge in [-0.3, -0.25) is 4.68 Å². The summed E-state index contributed by atoms with van der Waals surface area (Å²) in [7, 11) is 1.93. The van der Waals surface area contributed by atoms with Crippen molar-refractivity contribution in [3.05, 3.63) is 51.8 Å². The van der Waals surface area contributed by atoms with E-state index in [1.165, 1.54) is 16.7 Å². The first-order valence-electron chi connectivity index (χ1n) is 6.06. The molecule has 0 aliphatic heterocycles. The van der Waals surface area contributed by atoms with Crippen molar-refractivity contribution in [2.45, 2.75) is 25.8 Å². The number of nitrogens with zero attached hydrogens (tertiary/aromatic N) is 2. The Labute approximate surface area is 116 Å². The zero-order chi connectivity index (χ0) is 13.1. The largest absolute Gasteiger partial charge is 0.324 e. The van der Waals surface area contributed by atoms with E-state index in [0.717, 1.165) is 17.3 Å². The van der Waals surface area contributed by atoms with Gasteiger partial charge in [-0.15, -0.1) is 0 Å². The summed E-state index contributed by atoms with van der Waals surface area (Å²) in [6, 6.07) is 6.28. The van der Waals surface area contributed by atoms with Crippen LogP contribution in [0.5, 0.6) is 0 Å². The Hall–Kier alpha value is -1.13. The van der Waals surface area contributed by atoms with E-state index in [-0.39, 0.29) is 6.04 Å². The highest BCUT2D eigenvalue weighted by Crippen LogP contribution is 2.27. The maximum absolute atomic E-state index is 6.26. The highest BCUT2D eigenvalue weighted by molar-refractivity contribution is 9.10. The molecule has 96 valence electrons. The molecule has 1 heterocycles. The van der Waals surface area contributed by atoms with Crippen LogP contribution in [-0.4, -0.2) is 9.78 Å². The third-order valence-electron chi connectivity index (χ3n) is 3.12. The number of rotatable bonds is 4. The van der Waals surface area contributed by atoms with Gasteiger partial charge in [-0.1, -0.05) is 34.1 Å². The Bertz CT molecular complexity index is 534. The third-order valence-corrected chi connectivity index (χ3v) is 4.21. The van der Waals surface area contributed by atoms with Crippen LogP contribution in [0.2, 0.25) is 0 Å². The molecule has 1 aromatic carbocycles. The van der Waals surface area contributed by atoms with Gasteiger partial charge in [-0.2, -0.15) is 5.10 Å². The Morgan fingerprint density at radius 2 is 2.22 bits per heavy atom. The van der Waals surface area contributed by atoms with Crippen molar-refractivity contribution < 1.29 is 0 Å². The molecule has 3 nitrogen and oxygen atoms in total. The SMILES string of the molecule is Cc1cccc(C(N)CCc2cnn(C)c2)c1Br. The minimum absolute atomic E-state index is 0.0551. The zero-order valence-corrected chi connectivity index (χ0v) is 12.3. The molecule has 0 fully saturated rings. The van der Waals surface area contributed by atoms with Gasteiger partial charge in [0.05, 0.1) is 6.20 Å². The number of hydrogen-bond donors (Lipinski definition) is 1. The molecule has 2 N–H and O–H groups in total.